The third-order valence-corrected chi connectivity index (χ3v) is 8.37. The van der Waals surface area contributed by atoms with Crippen molar-refractivity contribution in [3.05, 3.63) is 51.9 Å². The fourth-order valence-electron chi connectivity index (χ4n) is 5.36. The summed E-state index contributed by atoms with van der Waals surface area (Å²) in [5, 5.41) is 4.25. The molecule has 0 spiro atoms. The van der Waals surface area contributed by atoms with Crippen LogP contribution < -0.4 is 20.3 Å². The van der Waals surface area contributed by atoms with E-state index in [1.54, 1.807) is 47.0 Å². The van der Waals surface area contributed by atoms with Crippen LogP contribution in [0.15, 0.2) is 41.3 Å². The Labute approximate surface area is 267 Å². The molecule has 2 aliphatic rings. The molecule has 1 N–H and O–H groups in total. The molecule has 13 heteroatoms. The number of benzene rings is 1. The monoisotopic (exact) mass is 640 g/mol. The molecule has 1 unspecified atom stereocenters. The summed E-state index contributed by atoms with van der Waals surface area (Å²) in [5.41, 5.74) is 1.04. The van der Waals surface area contributed by atoms with Crippen LogP contribution in [-0.2, 0) is 20.8 Å². The molecular formula is C32H41ClN6O6. The van der Waals surface area contributed by atoms with Crippen molar-refractivity contribution in [1.82, 2.24) is 24.3 Å². The number of ether oxygens (including phenoxy) is 4. The topological polar surface area (TPSA) is 120 Å². The summed E-state index contributed by atoms with van der Waals surface area (Å²) in [6.07, 6.45) is 6.73. The number of methoxy groups -OCH3 is 2. The fraction of sp³-hybridized carbons (Fsp3) is 0.500. The minimum atomic E-state index is -0.283. The van der Waals surface area contributed by atoms with E-state index >= 15 is 0 Å². The second-order valence-corrected chi connectivity index (χ2v) is 11.9. The van der Waals surface area contributed by atoms with Crippen molar-refractivity contribution in [2.45, 2.75) is 25.5 Å². The molecule has 1 atom stereocenters. The standard InChI is InChI=1S/C32H41ClN6O6/c1-37(2)10-5-6-28(40)38-11-8-23(18-38)45-13-12-39-30-22(17-35-32(36-30)34-9-7-21-19-44-20-21)14-26(31(39)41)25-15-24(42-3)16-27(43-4)29(25)33/h5-6,14-17,21,23H,7-13,18-20H2,1-4H3,(H,34,35,36). The zero-order chi connectivity index (χ0) is 31.9. The highest BCUT2D eigenvalue weighted by molar-refractivity contribution is 6.35. The van der Waals surface area contributed by atoms with Crippen molar-refractivity contribution in [3.8, 4) is 22.6 Å². The summed E-state index contributed by atoms with van der Waals surface area (Å²) in [6.45, 7) is 4.58. The molecule has 242 valence electrons. The van der Waals surface area contributed by atoms with E-state index in [2.05, 4.69) is 10.3 Å². The first-order valence-electron chi connectivity index (χ1n) is 15.1. The number of pyridine rings is 1. The number of hydrogen-bond acceptors (Lipinski definition) is 10. The zero-order valence-electron chi connectivity index (χ0n) is 26.3. The van der Waals surface area contributed by atoms with Gasteiger partial charge in [-0.1, -0.05) is 17.7 Å². The Morgan fingerprint density at radius 3 is 2.73 bits per heavy atom. The van der Waals surface area contributed by atoms with Crippen molar-refractivity contribution >= 4 is 34.5 Å². The summed E-state index contributed by atoms with van der Waals surface area (Å²) < 4.78 is 24.0. The van der Waals surface area contributed by atoms with E-state index < -0.39 is 0 Å². The number of nitrogens with zero attached hydrogens (tertiary/aromatic N) is 5. The highest BCUT2D eigenvalue weighted by atomic mass is 35.5. The Morgan fingerprint density at radius 2 is 2.02 bits per heavy atom. The molecule has 0 saturated carbocycles. The SMILES string of the molecule is COc1cc(OC)c(Cl)c(-c2cc3cnc(NCCC4COC4)nc3n(CCOC3CCN(C(=O)C=CCN(C)C)C3)c2=O)c1. The number of amides is 1. The molecule has 0 bridgehead atoms. The van der Waals surface area contributed by atoms with E-state index in [1.165, 1.54) is 7.11 Å². The molecule has 0 radical (unpaired) electrons. The maximum absolute atomic E-state index is 14.1. The van der Waals surface area contributed by atoms with Crippen LogP contribution in [0.3, 0.4) is 0 Å². The maximum Gasteiger partial charge on any atom is 0.260 e. The predicted molar refractivity (Wildman–Crippen MR) is 173 cm³/mol. The largest absolute Gasteiger partial charge is 0.497 e. The van der Waals surface area contributed by atoms with Crippen LogP contribution >= 0.6 is 11.6 Å². The van der Waals surface area contributed by atoms with Gasteiger partial charge in [0, 0.05) is 66.9 Å². The van der Waals surface area contributed by atoms with Gasteiger partial charge >= 0.3 is 0 Å². The van der Waals surface area contributed by atoms with Crippen molar-refractivity contribution in [2.75, 3.05) is 79.6 Å². The number of fused-ring (bicyclic) bond motifs is 1. The van der Waals surface area contributed by atoms with Crippen LogP contribution in [0.2, 0.25) is 5.02 Å². The van der Waals surface area contributed by atoms with Crippen molar-refractivity contribution in [2.24, 2.45) is 5.92 Å². The lowest BCUT2D eigenvalue weighted by atomic mass is 10.0. The predicted octanol–water partition coefficient (Wildman–Crippen LogP) is 3.31. The Hall–Kier alpha value is -3.71. The molecule has 1 amide bonds. The third-order valence-electron chi connectivity index (χ3n) is 7.98. The van der Waals surface area contributed by atoms with Gasteiger partial charge in [0.15, 0.2) is 0 Å². The van der Waals surface area contributed by atoms with Crippen LogP contribution in [-0.4, -0.2) is 111 Å². The molecule has 0 aliphatic carbocycles. The lowest BCUT2D eigenvalue weighted by Crippen LogP contribution is -2.30. The van der Waals surface area contributed by atoms with Gasteiger partial charge in [-0.3, -0.25) is 14.2 Å². The Bertz CT molecular complexity index is 1590. The molecule has 2 aliphatic heterocycles. The van der Waals surface area contributed by atoms with Crippen LogP contribution in [0.25, 0.3) is 22.2 Å². The summed E-state index contributed by atoms with van der Waals surface area (Å²) in [6, 6.07) is 5.13. The molecule has 5 rings (SSSR count). The number of aromatic nitrogens is 3. The van der Waals surface area contributed by atoms with Crippen molar-refractivity contribution in [3.63, 3.8) is 0 Å². The number of anilines is 1. The van der Waals surface area contributed by atoms with E-state index in [0.717, 1.165) is 26.1 Å². The number of hydrogen-bond donors (Lipinski definition) is 1. The van der Waals surface area contributed by atoms with Gasteiger partial charge in [-0.25, -0.2) is 4.98 Å². The number of halogens is 1. The first-order chi connectivity index (χ1) is 21.8. The smallest absolute Gasteiger partial charge is 0.260 e. The lowest BCUT2D eigenvalue weighted by Gasteiger charge is -2.25. The summed E-state index contributed by atoms with van der Waals surface area (Å²) in [4.78, 5) is 39.7. The van der Waals surface area contributed by atoms with Gasteiger partial charge in [0.1, 0.15) is 17.1 Å². The number of likely N-dealkylation sites (N-methyl/N-ethyl adjacent to an activating group) is 1. The van der Waals surface area contributed by atoms with E-state index in [1.807, 2.05) is 25.1 Å². The van der Waals surface area contributed by atoms with Gasteiger partial charge in [-0.2, -0.15) is 4.98 Å². The van der Waals surface area contributed by atoms with Crippen LogP contribution in [0.5, 0.6) is 11.5 Å². The first kappa shape index (κ1) is 32.7. The molecule has 1 aromatic carbocycles. The Balaban J connectivity index is 1.38. The number of carbonyl (C=O) groups excluding carboxylic acids is 1. The number of carbonyl (C=O) groups is 1. The van der Waals surface area contributed by atoms with Gasteiger partial charge in [0.2, 0.25) is 11.9 Å². The van der Waals surface area contributed by atoms with E-state index in [4.69, 9.17) is 35.5 Å². The second kappa shape index (κ2) is 15.0. The number of likely N-dealkylation sites (tertiary alicyclic amines) is 1. The van der Waals surface area contributed by atoms with Crippen molar-refractivity contribution in [1.29, 1.82) is 0 Å². The maximum atomic E-state index is 14.1. The molecule has 3 aromatic rings. The van der Waals surface area contributed by atoms with Crippen LogP contribution in [0.1, 0.15) is 12.8 Å². The van der Waals surface area contributed by atoms with Gasteiger partial charge in [0.05, 0.1) is 51.7 Å². The fourth-order valence-corrected chi connectivity index (χ4v) is 5.65. The second-order valence-electron chi connectivity index (χ2n) is 11.5. The molecule has 12 nitrogen and oxygen atoms in total. The highest BCUT2D eigenvalue weighted by Gasteiger charge is 2.26. The average molecular weight is 641 g/mol. The summed E-state index contributed by atoms with van der Waals surface area (Å²) >= 11 is 6.71. The molecule has 2 fully saturated rings. The molecular weight excluding hydrogens is 600 g/mol. The molecule has 4 heterocycles. The van der Waals surface area contributed by atoms with E-state index in [9.17, 15) is 9.59 Å². The summed E-state index contributed by atoms with van der Waals surface area (Å²) in [5.74, 6) is 1.86. The normalized spacial score (nSPS) is 16.9. The van der Waals surface area contributed by atoms with Gasteiger partial charge in [0.25, 0.3) is 5.56 Å². The van der Waals surface area contributed by atoms with Gasteiger partial charge in [-0.15, -0.1) is 0 Å². The molecule has 45 heavy (non-hydrogen) atoms. The molecule has 2 aromatic heterocycles. The minimum Gasteiger partial charge on any atom is -0.497 e. The quantitative estimate of drug-likeness (QED) is 0.263. The van der Waals surface area contributed by atoms with Gasteiger partial charge in [-0.05, 0) is 39.1 Å². The average Bonchev–Trinajstić information content (AvgIpc) is 3.48. The lowest BCUT2D eigenvalue weighted by molar-refractivity contribution is -0.125. The molecule has 2 saturated heterocycles. The zero-order valence-corrected chi connectivity index (χ0v) is 27.0. The van der Waals surface area contributed by atoms with Crippen molar-refractivity contribution < 1.29 is 23.7 Å². The van der Waals surface area contributed by atoms with E-state index in [0.29, 0.717) is 76.7 Å². The number of nitrogens with one attached hydrogen (secondary N) is 1. The third kappa shape index (κ3) is 7.93. The number of rotatable bonds is 14. The minimum absolute atomic E-state index is 0.0231. The Kier molecular flexibility index (Phi) is 10.9. The Morgan fingerprint density at radius 1 is 1.20 bits per heavy atom. The van der Waals surface area contributed by atoms with Crippen LogP contribution in [0, 0.1) is 5.92 Å². The summed E-state index contributed by atoms with van der Waals surface area (Å²) in [7, 11) is 6.96. The van der Waals surface area contributed by atoms with E-state index in [-0.39, 0.29) is 30.7 Å². The van der Waals surface area contributed by atoms with Gasteiger partial charge < -0.3 is 34.1 Å². The highest BCUT2D eigenvalue weighted by Crippen LogP contribution is 2.38. The van der Waals surface area contributed by atoms with Crippen LogP contribution in [0.4, 0.5) is 5.95 Å². The first-order valence-corrected chi connectivity index (χ1v) is 15.5.